The van der Waals surface area contributed by atoms with E-state index in [1.54, 1.807) is 7.11 Å². The fraction of sp³-hybridized carbons (Fsp3) is 0.474. The summed E-state index contributed by atoms with van der Waals surface area (Å²) in [5.74, 6) is 0.816. The molecule has 2 N–H and O–H groups in total. The summed E-state index contributed by atoms with van der Waals surface area (Å²) in [4.78, 5) is 9.11. The zero-order valence-corrected chi connectivity index (χ0v) is 15.1. The van der Waals surface area contributed by atoms with E-state index in [1.165, 1.54) is 10.9 Å². The highest BCUT2D eigenvalue weighted by Gasteiger charge is 2.15. The van der Waals surface area contributed by atoms with Crippen LogP contribution in [0.15, 0.2) is 41.5 Å². The van der Waals surface area contributed by atoms with Crippen LogP contribution in [0.25, 0.3) is 10.9 Å². The molecule has 0 atom stereocenters. The first-order chi connectivity index (χ1) is 11.6. The van der Waals surface area contributed by atoms with Crippen molar-refractivity contribution in [2.75, 3.05) is 26.7 Å². The standard InChI is InChI=1S/C19H28N4O/c1-5-20-18(23-14-19(2,3)24-4)22-13-11-16-9-6-8-15-10-7-12-21-17(15)16/h6-10,12H,5,11,13-14H2,1-4H3,(H2,20,22,23). The van der Waals surface area contributed by atoms with E-state index in [1.807, 2.05) is 26.1 Å². The predicted octanol–water partition coefficient (Wildman–Crippen LogP) is 2.76. The molecule has 0 unspecified atom stereocenters. The minimum atomic E-state index is -0.262. The number of hydrogen-bond donors (Lipinski definition) is 2. The molecular formula is C19H28N4O. The van der Waals surface area contributed by atoms with Crippen LogP contribution in [-0.2, 0) is 11.2 Å². The molecule has 5 nitrogen and oxygen atoms in total. The summed E-state index contributed by atoms with van der Waals surface area (Å²) in [6, 6.07) is 10.4. The molecule has 1 heterocycles. The third-order valence-corrected chi connectivity index (χ3v) is 3.92. The van der Waals surface area contributed by atoms with Gasteiger partial charge in [-0.2, -0.15) is 0 Å². The third-order valence-electron chi connectivity index (χ3n) is 3.92. The SMILES string of the molecule is CCNC(=NCC(C)(C)OC)NCCc1cccc2cccnc12. The van der Waals surface area contributed by atoms with Crippen molar-refractivity contribution in [3.8, 4) is 0 Å². The number of nitrogens with zero attached hydrogens (tertiary/aromatic N) is 2. The Morgan fingerprint density at radius 2 is 2.00 bits per heavy atom. The van der Waals surface area contributed by atoms with Crippen LogP contribution in [0.1, 0.15) is 26.3 Å². The highest BCUT2D eigenvalue weighted by atomic mass is 16.5. The molecule has 0 aliphatic carbocycles. The van der Waals surface area contributed by atoms with Gasteiger partial charge in [-0.05, 0) is 38.8 Å². The van der Waals surface area contributed by atoms with Crippen LogP contribution >= 0.6 is 0 Å². The lowest BCUT2D eigenvalue weighted by molar-refractivity contribution is 0.0310. The second-order valence-electron chi connectivity index (χ2n) is 6.33. The molecule has 0 amide bonds. The van der Waals surface area contributed by atoms with E-state index in [4.69, 9.17) is 4.74 Å². The van der Waals surface area contributed by atoms with Crippen LogP contribution in [0, 0.1) is 0 Å². The lowest BCUT2D eigenvalue weighted by atomic mass is 10.1. The topological polar surface area (TPSA) is 58.5 Å². The fourth-order valence-corrected chi connectivity index (χ4v) is 2.36. The van der Waals surface area contributed by atoms with Crippen LogP contribution in [0.3, 0.4) is 0 Å². The summed E-state index contributed by atoms with van der Waals surface area (Å²) in [7, 11) is 1.71. The number of benzene rings is 1. The van der Waals surface area contributed by atoms with Gasteiger partial charge in [0.2, 0.25) is 0 Å². The molecule has 0 aliphatic rings. The van der Waals surface area contributed by atoms with Crippen molar-refractivity contribution in [2.24, 2.45) is 4.99 Å². The van der Waals surface area contributed by atoms with Gasteiger partial charge in [-0.1, -0.05) is 24.3 Å². The molecule has 0 saturated carbocycles. The van der Waals surface area contributed by atoms with Gasteiger partial charge >= 0.3 is 0 Å². The predicted molar refractivity (Wildman–Crippen MR) is 101 cm³/mol. The molecule has 24 heavy (non-hydrogen) atoms. The fourth-order valence-electron chi connectivity index (χ4n) is 2.36. The molecule has 0 saturated heterocycles. The van der Waals surface area contributed by atoms with Gasteiger partial charge < -0.3 is 15.4 Å². The Hall–Kier alpha value is -2.14. The van der Waals surface area contributed by atoms with E-state index in [0.29, 0.717) is 6.54 Å². The molecule has 5 heteroatoms. The first-order valence-corrected chi connectivity index (χ1v) is 8.45. The molecule has 0 fully saturated rings. The maximum Gasteiger partial charge on any atom is 0.191 e. The van der Waals surface area contributed by atoms with Gasteiger partial charge in [-0.15, -0.1) is 0 Å². The number of para-hydroxylation sites is 1. The summed E-state index contributed by atoms with van der Waals surface area (Å²) in [6.45, 7) is 8.36. The van der Waals surface area contributed by atoms with Crippen molar-refractivity contribution in [2.45, 2.75) is 32.8 Å². The maximum absolute atomic E-state index is 5.42. The number of nitrogens with one attached hydrogen (secondary N) is 2. The zero-order chi connectivity index (χ0) is 17.4. The summed E-state index contributed by atoms with van der Waals surface area (Å²) >= 11 is 0. The Bertz CT molecular complexity index is 677. The normalized spacial score (nSPS) is 12.4. The van der Waals surface area contributed by atoms with Crippen LogP contribution in [0.4, 0.5) is 0 Å². The highest BCUT2D eigenvalue weighted by Crippen LogP contribution is 2.16. The number of pyridine rings is 1. The van der Waals surface area contributed by atoms with Crippen molar-refractivity contribution in [3.05, 3.63) is 42.1 Å². The number of aliphatic imine (C=N–C) groups is 1. The third kappa shape index (κ3) is 5.20. The average Bonchev–Trinajstić information content (AvgIpc) is 2.60. The summed E-state index contributed by atoms with van der Waals surface area (Å²) in [5, 5.41) is 7.83. The van der Waals surface area contributed by atoms with Crippen LogP contribution in [0.2, 0.25) is 0 Å². The van der Waals surface area contributed by atoms with Gasteiger partial charge in [0.05, 0.1) is 17.7 Å². The monoisotopic (exact) mass is 328 g/mol. The van der Waals surface area contributed by atoms with Crippen LogP contribution in [-0.4, -0.2) is 43.3 Å². The molecular weight excluding hydrogens is 300 g/mol. The Kier molecular flexibility index (Phi) is 6.55. The van der Waals surface area contributed by atoms with E-state index in [0.717, 1.165) is 31.0 Å². The number of fused-ring (bicyclic) bond motifs is 1. The number of aromatic nitrogens is 1. The van der Waals surface area contributed by atoms with Crippen LogP contribution < -0.4 is 10.6 Å². The Morgan fingerprint density at radius 1 is 1.21 bits per heavy atom. The van der Waals surface area contributed by atoms with E-state index in [2.05, 4.69) is 51.8 Å². The van der Waals surface area contributed by atoms with Gasteiger partial charge in [0, 0.05) is 31.8 Å². The van der Waals surface area contributed by atoms with Crippen molar-refractivity contribution in [3.63, 3.8) is 0 Å². The average molecular weight is 328 g/mol. The van der Waals surface area contributed by atoms with Gasteiger partial charge in [0.15, 0.2) is 5.96 Å². The Balaban J connectivity index is 1.98. The summed E-state index contributed by atoms with van der Waals surface area (Å²) in [5.41, 5.74) is 2.06. The first kappa shape index (κ1) is 18.2. The Labute approximate surface area is 144 Å². The smallest absolute Gasteiger partial charge is 0.191 e. The van der Waals surface area contributed by atoms with E-state index in [9.17, 15) is 0 Å². The van der Waals surface area contributed by atoms with E-state index in [-0.39, 0.29) is 5.60 Å². The highest BCUT2D eigenvalue weighted by molar-refractivity contribution is 5.82. The van der Waals surface area contributed by atoms with Crippen molar-refractivity contribution in [1.82, 2.24) is 15.6 Å². The van der Waals surface area contributed by atoms with Crippen LogP contribution in [0.5, 0.6) is 0 Å². The second-order valence-corrected chi connectivity index (χ2v) is 6.33. The molecule has 1 aromatic heterocycles. The number of methoxy groups -OCH3 is 1. The lowest BCUT2D eigenvalue weighted by Gasteiger charge is -2.21. The number of guanidine groups is 1. The second kappa shape index (κ2) is 8.64. The molecule has 2 rings (SSSR count). The molecule has 130 valence electrons. The molecule has 0 aliphatic heterocycles. The Morgan fingerprint density at radius 3 is 2.75 bits per heavy atom. The molecule has 0 radical (unpaired) electrons. The van der Waals surface area contributed by atoms with Crippen molar-refractivity contribution in [1.29, 1.82) is 0 Å². The quantitative estimate of drug-likeness (QED) is 0.606. The van der Waals surface area contributed by atoms with Gasteiger partial charge in [-0.3, -0.25) is 9.98 Å². The minimum Gasteiger partial charge on any atom is -0.377 e. The van der Waals surface area contributed by atoms with E-state index < -0.39 is 0 Å². The molecule has 0 spiro atoms. The number of hydrogen-bond acceptors (Lipinski definition) is 3. The summed E-state index contributed by atoms with van der Waals surface area (Å²) < 4.78 is 5.42. The van der Waals surface area contributed by atoms with E-state index >= 15 is 0 Å². The zero-order valence-electron chi connectivity index (χ0n) is 15.1. The minimum absolute atomic E-state index is 0.262. The summed E-state index contributed by atoms with van der Waals surface area (Å²) in [6.07, 6.45) is 2.74. The first-order valence-electron chi connectivity index (χ1n) is 8.45. The van der Waals surface area contributed by atoms with Crippen molar-refractivity contribution < 1.29 is 4.74 Å². The van der Waals surface area contributed by atoms with Gasteiger partial charge in [-0.25, -0.2) is 0 Å². The van der Waals surface area contributed by atoms with Gasteiger partial charge in [0.25, 0.3) is 0 Å². The number of rotatable bonds is 7. The largest absolute Gasteiger partial charge is 0.377 e. The molecule has 0 bridgehead atoms. The number of ether oxygens (including phenoxy) is 1. The van der Waals surface area contributed by atoms with Gasteiger partial charge in [0.1, 0.15) is 0 Å². The van der Waals surface area contributed by atoms with Crippen molar-refractivity contribution >= 4 is 16.9 Å². The maximum atomic E-state index is 5.42. The molecule has 1 aromatic carbocycles. The molecule has 2 aromatic rings. The lowest BCUT2D eigenvalue weighted by Crippen LogP contribution is -2.40.